The number of hydrogen-bond donors (Lipinski definition) is 1. The molecule has 2 fully saturated rings. The van der Waals surface area contributed by atoms with E-state index in [9.17, 15) is 18.0 Å². The maximum atomic E-state index is 13.0. The van der Waals surface area contributed by atoms with Crippen LogP contribution in [0.4, 0.5) is 18.9 Å². The Bertz CT molecular complexity index is 725. The van der Waals surface area contributed by atoms with E-state index in [2.05, 4.69) is 10.2 Å². The van der Waals surface area contributed by atoms with Gasteiger partial charge in [-0.15, -0.1) is 0 Å². The lowest BCUT2D eigenvalue weighted by atomic mass is 9.84. The molecule has 0 spiro atoms. The fraction of sp³-hybridized carbons (Fsp3) is 0.708. The van der Waals surface area contributed by atoms with Crippen LogP contribution in [0.2, 0.25) is 0 Å². The molecule has 1 heterocycles. The zero-order chi connectivity index (χ0) is 23.1. The number of nitrogens with zero attached hydrogens (tertiary/aromatic N) is 2. The van der Waals surface area contributed by atoms with E-state index >= 15 is 0 Å². The molecule has 1 N–H and O–H groups in total. The predicted molar refractivity (Wildman–Crippen MR) is 120 cm³/mol. The van der Waals surface area contributed by atoms with Crippen LogP contribution in [0.5, 0.6) is 0 Å². The molecule has 1 amide bonds. The fourth-order valence-electron chi connectivity index (χ4n) is 4.58. The van der Waals surface area contributed by atoms with E-state index in [1.807, 2.05) is 18.7 Å². The van der Waals surface area contributed by atoms with Crippen LogP contribution < -0.4 is 10.2 Å². The molecule has 1 aliphatic carbocycles. The number of ether oxygens (including phenoxy) is 1. The van der Waals surface area contributed by atoms with Crippen molar-refractivity contribution in [2.45, 2.75) is 64.3 Å². The first kappa shape index (κ1) is 24.8. The lowest BCUT2D eigenvalue weighted by molar-refractivity contribution is -0.137. The van der Waals surface area contributed by atoms with Gasteiger partial charge in [0.15, 0.2) is 0 Å². The second-order valence-corrected chi connectivity index (χ2v) is 9.31. The fourth-order valence-corrected chi connectivity index (χ4v) is 4.58. The first-order valence-electron chi connectivity index (χ1n) is 11.8. The monoisotopic (exact) mass is 455 g/mol. The third-order valence-corrected chi connectivity index (χ3v) is 6.52. The van der Waals surface area contributed by atoms with Crippen molar-refractivity contribution < 1.29 is 22.7 Å². The van der Waals surface area contributed by atoms with Gasteiger partial charge in [-0.25, -0.2) is 0 Å². The van der Waals surface area contributed by atoms with Gasteiger partial charge in [-0.2, -0.15) is 13.2 Å². The Kier molecular flexibility index (Phi) is 8.82. The van der Waals surface area contributed by atoms with Gasteiger partial charge in [0.25, 0.3) is 0 Å². The molecule has 32 heavy (non-hydrogen) atoms. The van der Waals surface area contributed by atoms with Gasteiger partial charge >= 0.3 is 6.18 Å². The number of hydrogen-bond acceptors (Lipinski definition) is 4. The van der Waals surface area contributed by atoms with Gasteiger partial charge in [0.2, 0.25) is 5.91 Å². The zero-order valence-electron chi connectivity index (χ0n) is 19.2. The highest BCUT2D eigenvalue weighted by Crippen LogP contribution is 2.32. The third kappa shape index (κ3) is 7.66. The van der Waals surface area contributed by atoms with E-state index in [0.29, 0.717) is 11.6 Å². The minimum Gasteiger partial charge on any atom is -0.369 e. The van der Waals surface area contributed by atoms with Crippen molar-refractivity contribution in [2.75, 3.05) is 44.2 Å². The number of piperazine rings is 1. The van der Waals surface area contributed by atoms with Crippen molar-refractivity contribution in [3.8, 4) is 0 Å². The maximum absolute atomic E-state index is 13.0. The van der Waals surface area contributed by atoms with Gasteiger partial charge in [-0.1, -0.05) is 6.07 Å². The largest absolute Gasteiger partial charge is 0.416 e. The van der Waals surface area contributed by atoms with E-state index in [0.717, 1.165) is 70.9 Å². The highest BCUT2D eigenvalue weighted by Gasteiger charge is 2.31. The Morgan fingerprint density at radius 2 is 1.81 bits per heavy atom. The van der Waals surface area contributed by atoms with E-state index in [-0.39, 0.29) is 24.7 Å². The molecule has 1 aromatic carbocycles. The van der Waals surface area contributed by atoms with Crippen molar-refractivity contribution >= 4 is 11.6 Å². The van der Waals surface area contributed by atoms with Gasteiger partial charge < -0.3 is 15.0 Å². The SMILES string of the molecule is CC(C)OCC(=O)N[C@H]1CC[C@H](CCN2CCN(c3cccc(C(F)(F)F)c3)CC2)CC1. The molecule has 1 aromatic rings. The van der Waals surface area contributed by atoms with Crippen LogP contribution in [0.15, 0.2) is 24.3 Å². The number of anilines is 1. The minimum atomic E-state index is -4.30. The molecule has 3 rings (SSSR count). The smallest absolute Gasteiger partial charge is 0.369 e. The van der Waals surface area contributed by atoms with Crippen LogP contribution in [0, 0.1) is 5.92 Å². The van der Waals surface area contributed by atoms with Crippen LogP contribution in [0.3, 0.4) is 0 Å². The number of halogens is 3. The number of nitrogens with one attached hydrogen (secondary N) is 1. The molecule has 8 heteroatoms. The van der Waals surface area contributed by atoms with Gasteiger partial charge in [0.1, 0.15) is 6.61 Å². The Morgan fingerprint density at radius 3 is 2.44 bits per heavy atom. The second kappa shape index (κ2) is 11.4. The molecule has 0 unspecified atom stereocenters. The van der Waals surface area contributed by atoms with E-state index in [1.165, 1.54) is 12.1 Å². The molecule has 0 radical (unpaired) electrons. The number of carbonyl (C=O) groups is 1. The molecule has 180 valence electrons. The zero-order valence-corrected chi connectivity index (χ0v) is 19.2. The summed E-state index contributed by atoms with van der Waals surface area (Å²) < 4.78 is 44.3. The highest BCUT2D eigenvalue weighted by molar-refractivity contribution is 5.77. The van der Waals surface area contributed by atoms with Crippen molar-refractivity contribution in [2.24, 2.45) is 5.92 Å². The molecular weight excluding hydrogens is 419 g/mol. The number of alkyl halides is 3. The standard InChI is InChI=1S/C24H36F3N3O2/c1-18(2)32-17-23(31)28-21-8-6-19(7-9-21)10-11-29-12-14-30(15-13-29)22-5-3-4-20(16-22)24(25,26)27/h3-5,16,18-19,21H,6-15,17H2,1-2H3,(H,28,31)/t19-,21-. The van der Waals surface area contributed by atoms with Crippen molar-refractivity contribution in [1.82, 2.24) is 10.2 Å². The minimum absolute atomic E-state index is 0.0270. The normalized spacial score (nSPS) is 22.9. The Balaban J connectivity index is 1.34. The highest BCUT2D eigenvalue weighted by atomic mass is 19.4. The summed E-state index contributed by atoms with van der Waals surface area (Å²) in [5.41, 5.74) is 0.0651. The van der Waals surface area contributed by atoms with Gasteiger partial charge in [0, 0.05) is 37.9 Å². The molecule has 1 saturated heterocycles. The van der Waals surface area contributed by atoms with Gasteiger partial charge in [-0.05, 0) is 76.6 Å². The van der Waals surface area contributed by atoms with Crippen molar-refractivity contribution in [3.63, 3.8) is 0 Å². The Hall–Kier alpha value is -1.80. The first-order chi connectivity index (χ1) is 15.2. The first-order valence-corrected chi connectivity index (χ1v) is 11.8. The van der Waals surface area contributed by atoms with Crippen LogP contribution in [0.1, 0.15) is 51.5 Å². The molecular formula is C24H36F3N3O2. The summed E-state index contributed by atoms with van der Waals surface area (Å²) in [5.74, 6) is 0.650. The average molecular weight is 456 g/mol. The lowest BCUT2D eigenvalue weighted by Gasteiger charge is -2.37. The predicted octanol–water partition coefficient (Wildman–Crippen LogP) is 4.32. The number of benzene rings is 1. The summed E-state index contributed by atoms with van der Waals surface area (Å²) in [6.07, 6.45) is 1.18. The molecule has 0 atom stereocenters. The average Bonchev–Trinajstić information content (AvgIpc) is 2.77. The van der Waals surface area contributed by atoms with Crippen molar-refractivity contribution in [1.29, 1.82) is 0 Å². The summed E-state index contributed by atoms with van der Waals surface area (Å²) in [7, 11) is 0. The molecule has 0 aromatic heterocycles. The maximum Gasteiger partial charge on any atom is 0.416 e. The van der Waals surface area contributed by atoms with Gasteiger partial charge in [-0.3, -0.25) is 9.69 Å². The summed E-state index contributed by atoms with van der Waals surface area (Å²) >= 11 is 0. The van der Waals surface area contributed by atoms with Crippen LogP contribution in [-0.2, 0) is 15.7 Å². The molecule has 5 nitrogen and oxygen atoms in total. The third-order valence-electron chi connectivity index (χ3n) is 6.52. The Labute approximate surface area is 189 Å². The molecule has 1 saturated carbocycles. The van der Waals surface area contributed by atoms with Crippen LogP contribution in [-0.4, -0.2) is 62.3 Å². The van der Waals surface area contributed by atoms with Gasteiger partial charge in [0.05, 0.1) is 11.7 Å². The second-order valence-electron chi connectivity index (χ2n) is 9.31. The quantitative estimate of drug-likeness (QED) is 0.634. The number of carbonyl (C=O) groups excluding carboxylic acids is 1. The molecule has 1 aliphatic heterocycles. The van der Waals surface area contributed by atoms with E-state index in [4.69, 9.17) is 4.74 Å². The van der Waals surface area contributed by atoms with Crippen molar-refractivity contribution in [3.05, 3.63) is 29.8 Å². The lowest BCUT2D eigenvalue weighted by Crippen LogP contribution is -2.47. The van der Waals surface area contributed by atoms with E-state index in [1.54, 1.807) is 6.07 Å². The number of amides is 1. The van der Waals surface area contributed by atoms with Crippen LogP contribution in [0.25, 0.3) is 0 Å². The molecule has 0 bridgehead atoms. The van der Waals surface area contributed by atoms with Crippen LogP contribution >= 0.6 is 0 Å². The summed E-state index contributed by atoms with van der Waals surface area (Å²) in [5, 5.41) is 3.08. The number of rotatable bonds is 8. The molecule has 2 aliphatic rings. The topological polar surface area (TPSA) is 44.8 Å². The van der Waals surface area contributed by atoms with E-state index < -0.39 is 11.7 Å². The summed E-state index contributed by atoms with van der Waals surface area (Å²) in [4.78, 5) is 16.4. The summed E-state index contributed by atoms with van der Waals surface area (Å²) in [6.45, 7) is 8.24. The summed E-state index contributed by atoms with van der Waals surface area (Å²) in [6, 6.07) is 5.88. The Morgan fingerprint density at radius 1 is 1.12 bits per heavy atom.